The molecule has 1 saturated heterocycles. The molecule has 3 aromatic rings. The SMILES string of the molecule is CCCS(=N)(=O)Nc1nc(N)c2c(n1)n(Cc1ccccc1)c(=O)n2C(=O)N1CCCC1. The zero-order chi connectivity index (χ0) is 22.9. The predicted molar refractivity (Wildman–Crippen MR) is 123 cm³/mol. The number of rotatable bonds is 6. The van der Waals surface area contributed by atoms with E-state index in [0.717, 1.165) is 23.0 Å². The number of nitrogens with two attached hydrogens (primary N) is 1. The lowest BCUT2D eigenvalue weighted by Crippen LogP contribution is -2.39. The van der Waals surface area contributed by atoms with Crippen molar-refractivity contribution in [1.29, 1.82) is 4.78 Å². The summed E-state index contributed by atoms with van der Waals surface area (Å²) in [5.74, 6) is -0.101. The molecule has 11 nitrogen and oxygen atoms in total. The minimum atomic E-state index is -3.17. The van der Waals surface area contributed by atoms with Crippen molar-refractivity contribution in [3.8, 4) is 0 Å². The molecule has 1 aliphatic rings. The molecule has 1 atom stereocenters. The molecule has 1 aromatic carbocycles. The van der Waals surface area contributed by atoms with E-state index in [9.17, 15) is 13.8 Å². The van der Waals surface area contributed by atoms with Gasteiger partial charge >= 0.3 is 11.7 Å². The van der Waals surface area contributed by atoms with E-state index in [-0.39, 0.29) is 35.2 Å². The second-order valence-electron chi connectivity index (χ2n) is 7.75. The maximum Gasteiger partial charge on any atom is 0.339 e. The van der Waals surface area contributed by atoms with Gasteiger partial charge in [0.05, 0.1) is 12.3 Å². The summed E-state index contributed by atoms with van der Waals surface area (Å²) in [5.41, 5.74) is 6.70. The van der Waals surface area contributed by atoms with Gasteiger partial charge in [0.15, 0.2) is 11.5 Å². The number of nitrogens with zero attached hydrogens (tertiary/aromatic N) is 5. The van der Waals surface area contributed by atoms with Crippen molar-refractivity contribution in [2.45, 2.75) is 32.7 Å². The molecule has 0 saturated carbocycles. The molecule has 4 N–H and O–H groups in total. The third-order valence-corrected chi connectivity index (χ3v) is 6.79. The lowest BCUT2D eigenvalue weighted by Gasteiger charge is -2.15. The summed E-state index contributed by atoms with van der Waals surface area (Å²) in [7, 11) is -3.17. The number of anilines is 2. The molecular weight excluding hydrogens is 432 g/mol. The van der Waals surface area contributed by atoms with Gasteiger partial charge in [0.25, 0.3) is 0 Å². The zero-order valence-corrected chi connectivity index (χ0v) is 18.6. The van der Waals surface area contributed by atoms with Gasteiger partial charge in [-0.2, -0.15) is 9.97 Å². The molecule has 1 unspecified atom stereocenters. The monoisotopic (exact) mass is 458 g/mol. The molecule has 12 heteroatoms. The number of amides is 1. The fraction of sp³-hybridized carbons (Fsp3) is 0.400. The Morgan fingerprint density at radius 3 is 2.56 bits per heavy atom. The number of benzene rings is 1. The highest BCUT2D eigenvalue weighted by Gasteiger charge is 2.28. The second-order valence-corrected chi connectivity index (χ2v) is 9.72. The average molecular weight is 459 g/mol. The number of likely N-dealkylation sites (tertiary alicyclic amines) is 1. The van der Waals surface area contributed by atoms with Crippen LogP contribution in [0.2, 0.25) is 0 Å². The Kier molecular flexibility index (Phi) is 5.87. The van der Waals surface area contributed by atoms with Gasteiger partial charge in [0.2, 0.25) is 5.95 Å². The molecule has 0 spiro atoms. The third kappa shape index (κ3) is 4.17. The topological polar surface area (TPSA) is 152 Å². The van der Waals surface area contributed by atoms with Crippen LogP contribution in [0.1, 0.15) is 31.7 Å². The first kappa shape index (κ1) is 21.8. The van der Waals surface area contributed by atoms with Crippen molar-refractivity contribution in [3.05, 3.63) is 46.4 Å². The summed E-state index contributed by atoms with van der Waals surface area (Å²) in [4.78, 5) is 36.6. The third-order valence-electron chi connectivity index (χ3n) is 5.29. The summed E-state index contributed by atoms with van der Waals surface area (Å²) < 4.78 is 25.3. The number of imidazole rings is 1. The first-order valence-corrected chi connectivity index (χ1v) is 12.2. The first-order valence-electron chi connectivity index (χ1n) is 10.5. The van der Waals surface area contributed by atoms with Crippen molar-refractivity contribution >= 4 is 38.9 Å². The van der Waals surface area contributed by atoms with Crippen LogP contribution in [-0.4, -0.2) is 53.1 Å². The average Bonchev–Trinajstić information content (AvgIpc) is 3.36. The summed E-state index contributed by atoms with van der Waals surface area (Å²) in [6.45, 7) is 3.11. The van der Waals surface area contributed by atoms with E-state index in [1.54, 1.807) is 4.90 Å². The number of fused-ring (bicyclic) bond motifs is 1. The molecule has 1 fully saturated rings. The van der Waals surface area contributed by atoms with E-state index >= 15 is 0 Å². The van der Waals surface area contributed by atoms with Gasteiger partial charge in [0.1, 0.15) is 15.4 Å². The van der Waals surface area contributed by atoms with Crippen LogP contribution in [0.15, 0.2) is 35.1 Å². The van der Waals surface area contributed by atoms with Crippen LogP contribution in [0.3, 0.4) is 0 Å². The lowest BCUT2D eigenvalue weighted by atomic mass is 10.2. The van der Waals surface area contributed by atoms with Crippen molar-refractivity contribution in [2.24, 2.45) is 0 Å². The number of hydrogen-bond donors (Lipinski definition) is 3. The second kappa shape index (κ2) is 8.61. The highest BCUT2D eigenvalue weighted by Crippen LogP contribution is 2.22. The summed E-state index contributed by atoms with van der Waals surface area (Å²) in [6.07, 6.45) is 2.28. The van der Waals surface area contributed by atoms with Gasteiger partial charge < -0.3 is 10.6 Å². The number of nitrogen functional groups attached to an aromatic ring is 1. The highest BCUT2D eigenvalue weighted by molar-refractivity contribution is 7.93. The number of carbonyl (C=O) groups is 1. The highest BCUT2D eigenvalue weighted by atomic mass is 32.2. The molecule has 32 heavy (non-hydrogen) atoms. The van der Waals surface area contributed by atoms with Gasteiger partial charge in [-0.05, 0) is 24.8 Å². The largest absolute Gasteiger partial charge is 0.382 e. The van der Waals surface area contributed by atoms with E-state index < -0.39 is 21.6 Å². The standard InChI is InChI=1S/C20H26N8O3S/c1-2-12-32(22,31)25-18-23-16(21)15-17(24-18)27(13-14-8-4-3-5-9-14)20(30)28(15)19(29)26-10-6-7-11-26/h3-5,8-9H,2,6-7,10-13H2,1H3,(H4,21,22,23,24,25,31). The molecule has 0 aliphatic carbocycles. The van der Waals surface area contributed by atoms with Crippen LogP contribution >= 0.6 is 0 Å². The number of aromatic nitrogens is 4. The summed E-state index contributed by atoms with van der Waals surface area (Å²) in [6, 6.07) is 8.83. The Balaban J connectivity index is 1.89. The lowest BCUT2D eigenvalue weighted by molar-refractivity contribution is 0.210. The van der Waals surface area contributed by atoms with Crippen molar-refractivity contribution in [1.82, 2.24) is 24.0 Å². The smallest absolute Gasteiger partial charge is 0.339 e. The van der Waals surface area contributed by atoms with E-state index in [1.165, 1.54) is 4.57 Å². The number of nitrogens with one attached hydrogen (secondary N) is 2. The normalized spacial score (nSPS) is 15.7. The number of carbonyl (C=O) groups excluding carboxylic acids is 1. The molecule has 1 aliphatic heterocycles. The molecule has 2 aromatic heterocycles. The van der Waals surface area contributed by atoms with Crippen molar-refractivity contribution < 1.29 is 9.00 Å². The fourth-order valence-corrected chi connectivity index (χ4v) is 4.90. The summed E-state index contributed by atoms with van der Waals surface area (Å²) >= 11 is 0. The van der Waals surface area contributed by atoms with Crippen molar-refractivity contribution in [3.63, 3.8) is 0 Å². The number of hydrogen-bond acceptors (Lipinski definition) is 7. The Bertz CT molecular complexity index is 1310. The maximum absolute atomic E-state index is 13.4. The Labute approximate surface area is 185 Å². The Hall–Kier alpha value is -3.41. The van der Waals surface area contributed by atoms with E-state index in [4.69, 9.17) is 10.5 Å². The van der Waals surface area contributed by atoms with Crippen LogP contribution in [0.5, 0.6) is 0 Å². The maximum atomic E-state index is 13.4. The minimum absolute atomic E-state index is 0.0966. The van der Waals surface area contributed by atoms with Crippen LogP contribution < -0.4 is 16.1 Å². The van der Waals surface area contributed by atoms with Crippen LogP contribution in [0.25, 0.3) is 11.2 Å². The first-order chi connectivity index (χ1) is 15.3. The van der Waals surface area contributed by atoms with E-state index in [1.807, 2.05) is 37.3 Å². The minimum Gasteiger partial charge on any atom is -0.382 e. The van der Waals surface area contributed by atoms with E-state index in [0.29, 0.717) is 19.5 Å². The quantitative estimate of drug-likeness (QED) is 0.514. The van der Waals surface area contributed by atoms with Gasteiger partial charge in [-0.25, -0.2) is 23.1 Å². The van der Waals surface area contributed by atoms with Crippen molar-refractivity contribution in [2.75, 3.05) is 29.3 Å². The van der Waals surface area contributed by atoms with Gasteiger partial charge in [-0.15, -0.1) is 0 Å². The fourth-order valence-electron chi connectivity index (χ4n) is 3.84. The predicted octanol–water partition coefficient (Wildman–Crippen LogP) is 2.07. The molecule has 0 radical (unpaired) electrons. The van der Waals surface area contributed by atoms with Crippen LogP contribution in [0.4, 0.5) is 16.6 Å². The molecule has 3 heterocycles. The van der Waals surface area contributed by atoms with E-state index in [2.05, 4.69) is 14.7 Å². The van der Waals surface area contributed by atoms with Gasteiger partial charge in [0, 0.05) is 13.1 Å². The van der Waals surface area contributed by atoms with Crippen LogP contribution in [-0.2, 0) is 16.5 Å². The Morgan fingerprint density at radius 2 is 1.91 bits per heavy atom. The molecule has 0 bridgehead atoms. The zero-order valence-electron chi connectivity index (χ0n) is 17.8. The molecule has 1 amide bonds. The van der Waals surface area contributed by atoms with Gasteiger partial charge in [-0.3, -0.25) is 9.29 Å². The van der Waals surface area contributed by atoms with Gasteiger partial charge in [-0.1, -0.05) is 37.3 Å². The van der Waals surface area contributed by atoms with Crippen LogP contribution in [0, 0.1) is 4.78 Å². The molecule has 170 valence electrons. The summed E-state index contributed by atoms with van der Waals surface area (Å²) in [5, 5.41) is 0. The molecular formula is C20H26N8O3S. The Morgan fingerprint density at radius 1 is 1.22 bits per heavy atom. The molecule has 4 rings (SSSR count).